The van der Waals surface area contributed by atoms with E-state index in [-0.39, 0.29) is 18.7 Å². The fourth-order valence-corrected chi connectivity index (χ4v) is 3.50. The molecule has 0 spiro atoms. The van der Waals surface area contributed by atoms with Crippen molar-refractivity contribution >= 4 is 10.0 Å². The van der Waals surface area contributed by atoms with Crippen molar-refractivity contribution in [2.45, 2.75) is 32.4 Å². The molecule has 1 saturated heterocycles. The van der Waals surface area contributed by atoms with Gasteiger partial charge in [0.2, 0.25) is 10.0 Å². The summed E-state index contributed by atoms with van der Waals surface area (Å²) >= 11 is 0. The maximum atomic E-state index is 11.9. The first-order valence-electron chi connectivity index (χ1n) is 6.28. The fraction of sp³-hybridized carbons (Fsp3) is 1.00. The van der Waals surface area contributed by atoms with Gasteiger partial charge < -0.3 is 4.74 Å². The molecule has 0 aromatic rings. The van der Waals surface area contributed by atoms with Crippen LogP contribution in [0.3, 0.4) is 0 Å². The van der Waals surface area contributed by atoms with Crippen LogP contribution in [0.5, 0.6) is 0 Å². The average molecular weight is 300 g/mol. The van der Waals surface area contributed by atoms with Crippen molar-refractivity contribution in [2.75, 3.05) is 39.1 Å². The SMILES string of the molecule is C[C@@H]1CN(S(C)(=O)=O)[C@@H](C)CN1CCOCC(F)F. The molecule has 0 amide bonds. The molecule has 0 aliphatic carbocycles. The number of ether oxygens (including phenoxy) is 1. The summed E-state index contributed by atoms with van der Waals surface area (Å²) in [6, 6.07) is -0.0534. The molecule has 0 aromatic heterocycles. The van der Waals surface area contributed by atoms with Crippen LogP contribution in [0.2, 0.25) is 0 Å². The highest BCUT2D eigenvalue weighted by molar-refractivity contribution is 7.88. The monoisotopic (exact) mass is 300 g/mol. The molecular weight excluding hydrogens is 278 g/mol. The number of hydrogen-bond acceptors (Lipinski definition) is 4. The van der Waals surface area contributed by atoms with Gasteiger partial charge in [-0.15, -0.1) is 0 Å². The summed E-state index contributed by atoms with van der Waals surface area (Å²) in [4.78, 5) is 2.07. The molecule has 0 unspecified atom stereocenters. The molecule has 1 aliphatic heterocycles. The van der Waals surface area contributed by atoms with Crippen molar-refractivity contribution in [3.63, 3.8) is 0 Å². The van der Waals surface area contributed by atoms with Gasteiger partial charge in [0.05, 0.1) is 12.9 Å². The van der Waals surface area contributed by atoms with Gasteiger partial charge in [-0.1, -0.05) is 0 Å². The molecule has 2 atom stereocenters. The smallest absolute Gasteiger partial charge is 0.261 e. The van der Waals surface area contributed by atoms with Crippen molar-refractivity contribution in [1.29, 1.82) is 0 Å². The minimum atomic E-state index is -3.19. The summed E-state index contributed by atoms with van der Waals surface area (Å²) in [7, 11) is -3.19. The predicted molar refractivity (Wildman–Crippen MR) is 68.9 cm³/mol. The van der Waals surface area contributed by atoms with Crippen LogP contribution in [0.1, 0.15) is 13.8 Å². The molecule has 0 aromatic carbocycles. The molecule has 8 heteroatoms. The standard InChI is InChI=1S/C11H22F2N2O3S/c1-9-7-15(19(3,16)17)10(2)6-14(9)4-5-18-8-11(12)13/h9-11H,4-8H2,1-3H3/t9-,10+/m1/s1. The van der Waals surface area contributed by atoms with Crippen LogP contribution in [-0.2, 0) is 14.8 Å². The van der Waals surface area contributed by atoms with E-state index in [0.29, 0.717) is 19.6 Å². The number of halogens is 2. The molecule has 0 bridgehead atoms. The normalized spacial score (nSPS) is 27.1. The number of alkyl halides is 2. The number of rotatable bonds is 6. The first-order valence-corrected chi connectivity index (χ1v) is 8.13. The van der Waals surface area contributed by atoms with E-state index >= 15 is 0 Å². The molecular formula is C11H22F2N2O3S. The predicted octanol–water partition coefficient (Wildman–Crippen LogP) is 0.622. The minimum Gasteiger partial charge on any atom is -0.374 e. The minimum absolute atomic E-state index is 0.0566. The van der Waals surface area contributed by atoms with E-state index in [1.165, 1.54) is 10.6 Å². The molecule has 19 heavy (non-hydrogen) atoms. The van der Waals surface area contributed by atoms with E-state index < -0.39 is 23.1 Å². The summed E-state index contributed by atoms with van der Waals surface area (Å²) in [5.41, 5.74) is 0. The van der Waals surface area contributed by atoms with Crippen LogP contribution in [0, 0.1) is 0 Å². The maximum absolute atomic E-state index is 11.9. The Morgan fingerprint density at radius 1 is 1.26 bits per heavy atom. The average Bonchev–Trinajstić information content (AvgIpc) is 2.26. The van der Waals surface area contributed by atoms with Gasteiger partial charge in [0.15, 0.2) is 0 Å². The number of nitrogens with zero attached hydrogens (tertiary/aromatic N) is 2. The molecule has 114 valence electrons. The number of piperazine rings is 1. The van der Waals surface area contributed by atoms with Gasteiger partial charge in [0, 0.05) is 31.7 Å². The first-order chi connectivity index (χ1) is 8.71. The zero-order valence-electron chi connectivity index (χ0n) is 11.6. The quantitative estimate of drug-likeness (QED) is 0.675. The van der Waals surface area contributed by atoms with Crippen LogP contribution >= 0.6 is 0 Å². The lowest BCUT2D eigenvalue weighted by Crippen LogP contribution is -2.58. The zero-order chi connectivity index (χ0) is 14.6. The van der Waals surface area contributed by atoms with Gasteiger partial charge in [0.25, 0.3) is 6.43 Å². The molecule has 0 N–H and O–H groups in total. The van der Waals surface area contributed by atoms with Crippen molar-refractivity contribution in [1.82, 2.24) is 9.21 Å². The van der Waals surface area contributed by atoms with Crippen LogP contribution < -0.4 is 0 Å². The van der Waals surface area contributed by atoms with E-state index in [4.69, 9.17) is 4.74 Å². The third-order valence-corrected chi connectivity index (χ3v) is 4.61. The Hall–Kier alpha value is -0.310. The summed E-state index contributed by atoms with van der Waals surface area (Å²) in [6.45, 7) is 5.02. The van der Waals surface area contributed by atoms with E-state index in [1.807, 2.05) is 13.8 Å². The second kappa shape index (κ2) is 6.92. The Bertz CT molecular complexity index is 378. The molecule has 5 nitrogen and oxygen atoms in total. The van der Waals surface area contributed by atoms with E-state index in [2.05, 4.69) is 4.90 Å². The van der Waals surface area contributed by atoms with Gasteiger partial charge in [0.1, 0.15) is 6.61 Å². The first kappa shape index (κ1) is 16.7. The maximum Gasteiger partial charge on any atom is 0.261 e. The van der Waals surface area contributed by atoms with E-state index in [9.17, 15) is 17.2 Å². The third-order valence-electron chi connectivity index (χ3n) is 3.25. The highest BCUT2D eigenvalue weighted by atomic mass is 32.2. The lowest BCUT2D eigenvalue weighted by molar-refractivity contribution is -0.00193. The molecule has 1 rings (SSSR count). The molecule has 1 fully saturated rings. The Morgan fingerprint density at radius 3 is 2.42 bits per heavy atom. The summed E-state index contributed by atoms with van der Waals surface area (Å²) in [5.74, 6) is 0. The third kappa shape index (κ3) is 5.29. The molecule has 0 saturated carbocycles. The number of sulfonamides is 1. The van der Waals surface area contributed by atoms with Gasteiger partial charge >= 0.3 is 0 Å². The lowest BCUT2D eigenvalue weighted by atomic mass is 10.1. The van der Waals surface area contributed by atoms with Gasteiger partial charge in [-0.25, -0.2) is 17.2 Å². The van der Waals surface area contributed by atoms with E-state index in [1.54, 1.807) is 0 Å². The van der Waals surface area contributed by atoms with Gasteiger partial charge in [-0.3, -0.25) is 4.90 Å². The van der Waals surface area contributed by atoms with Crippen LogP contribution in [0.15, 0.2) is 0 Å². The molecule has 1 aliphatic rings. The lowest BCUT2D eigenvalue weighted by Gasteiger charge is -2.42. The topological polar surface area (TPSA) is 49.9 Å². The second-order valence-corrected chi connectivity index (χ2v) is 6.93. The van der Waals surface area contributed by atoms with Crippen molar-refractivity contribution in [3.8, 4) is 0 Å². The molecule has 0 radical (unpaired) electrons. The second-order valence-electron chi connectivity index (χ2n) is 4.99. The fourth-order valence-electron chi connectivity index (χ4n) is 2.29. The highest BCUT2D eigenvalue weighted by Gasteiger charge is 2.33. The number of hydrogen-bond donors (Lipinski definition) is 0. The Kier molecular flexibility index (Phi) is 6.10. The Morgan fingerprint density at radius 2 is 1.89 bits per heavy atom. The molecule has 1 heterocycles. The van der Waals surface area contributed by atoms with Gasteiger partial charge in [-0.05, 0) is 13.8 Å². The van der Waals surface area contributed by atoms with Crippen molar-refractivity contribution in [2.24, 2.45) is 0 Å². The van der Waals surface area contributed by atoms with Crippen LogP contribution in [0.25, 0.3) is 0 Å². The zero-order valence-corrected chi connectivity index (χ0v) is 12.4. The Labute approximate surface area is 113 Å². The summed E-state index contributed by atoms with van der Waals surface area (Å²) in [6.07, 6.45) is -1.24. The van der Waals surface area contributed by atoms with E-state index in [0.717, 1.165) is 0 Å². The van der Waals surface area contributed by atoms with Crippen molar-refractivity contribution < 1.29 is 21.9 Å². The van der Waals surface area contributed by atoms with Crippen molar-refractivity contribution in [3.05, 3.63) is 0 Å². The summed E-state index contributed by atoms with van der Waals surface area (Å²) in [5, 5.41) is 0. The highest BCUT2D eigenvalue weighted by Crippen LogP contribution is 2.17. The largest absolute Gasteiger partial charge is 0.374 e. The summed E-state index contributed by atoms with van der Waals surface area (Å²) < 4.78 is 53.3. The Balaban J connectivity index is 2.43. The van der Waals surface area contributed by atoms with Gasteiger partial charge in [-0.2, -0.15) is 4.31 Å². The van der Waals surface area contributed by atoms with Crippen LogP contribution in [0.4, 0.5) is 8.78 Å². The van der Waals surface area contributed by atoms with Crippen LogP contribution in [-0.4, -0.2) is 75.2 Å².